The van der Waals surface area contributed by atoms with E-state index in [-0.39, 0.29) is 23.5 Å². The standard InChI is InChI=1S/C11H17N3O3/c1-7-5-14(6-8(2)17-7)9-4-10(15)13(3)11(16)12-9/h4,7-8H,5-6H2,1-3H3,(H,12,16)/t7-,8-/m1/s1. The van der Waals surface area contributed by atoms with Crippen LogP contribution in [0.1, 0.15) is 13.8 Å². The molecule has 1 N–H and O–H groups in total. The molecule has 1 fully saturated rings. The molecule has 2 atom stereocenters. The molecule has 0 aliphatic carbocycles. The number of morpholine rings is 1. The van der Waals surface area contributed by atoms with Crippen molar-refractivity contribution < 1.29 is 4.74 Å². The van der Waals surface area contributed by atoms with Gasteiger partial charge in [-0.3, -0.25) is 14.3 Å². The van der Waals surface area contributed by atoms with Crippen LogP contribution < -0.4 is 16.1 Å². The second-order valence-corrected chi connectivity index (χ2v) is 4.52. The molecule has 6 nitrogen and oxygen atoms in total. The van der Waals surface area contributed by atoms with Gasteiger partial charge in [0, 0.05) is 26.2 Å². The Kier molecular flexibility index (Phi) is 3.06. The first-order valence-corrected chi connectivity index (χ1v) is 5.68. The lowest BCUT2D eigenvalue weighted by atomic mass is 10.2. The predicted octanol–water partition coefficient (Wildman–Crippen LogP) is -0.313. The van der Waals surface area contributed by atoms with E-state index >= 15 is 0 Å². The molecule has 0 aromatic carbocycles. The molecule has 17 heavy (non-hydrogen) atoms. The lowest BCUT2D eigenvalue weighted by Crippen LogP contribution is -2.47. The molecule has 1 aliphatic rings. The molecule has 0 unspecified atom stereocenters. The third-order valence-corrected chi connectivity index (χ3v) is 2.89. The monoisotopic (exact) mass is 239 g/mol. The number of nitrogens with one attached hydrogen (secondary N) is 1. The molecule has 1 saturated heterocycles. The van der Waals surface area contributed by atoms with Crippen LogP contribution in [0.2, 0.25) is 0 Å². The summed E-state index contributed by atoms with van der Waals surface area (Å²) in [5.41, 5.74) is -0.685. The first kappa shape index (κ1) is 11.9. The Hall–Kier alpha value is -1.56. The Morgan fingerprint density at radius 3 is 2.41 bits per heavy atom. The Morgan fingerprint density at radius 2 is 1.88 bits per heavy atom. The fourth-order valence-electron chi connectivity index (χ4n) is 2.09. The lowest BCUT2D eigenvalue weighted by molar-refractivity contribution is -0.00549. The van der Waals surface area contributed by atoms with Crippen molar-refractivity contribution in [3.8, 4) is 0 Å². The number of hydrogen-bond acceptors (Lipinski definition) is 4. The van der Waals surface area contributed by atoms with E-state index in [4.69, 9.17) is 4.74 Å². The van der Waals surface area contributed by atoms with Gasteiger partial charge in [-0.1, -0.05) is 0 Å². The minimum atomic E-state index is -0.390. The van der Waals surface area contributed by atoms with E-state index in [1.165, 1.54) is 13.1 Å². The van der Waals surface area contributed by atoms with Crippen molar-refractivity contribution in [2.24, 2.45) is 7.05 Å². The Morgan fingerprint density at radius 1 is 1.29 bits per heavy atom. The molecule has 2 rings (SSSR count). The summed E-state index contributed by atoms with van der Waals surface area (Å²) in [6, 6.07) is 1.45. The van der Waals surface area contributed by atoms with E-state index in [1.807, 2.05) is 18.7 Å². The van der Waals surface area contributed by atoms with Crippen LogP contribution in [0.25, 0.3) is 0 Å². The molecule has 1 aromatic rings. The predicted molar refractivity (Wildman–Crippen MR) is 64.5 cm³/mol. The number of rotatable bonds is 1. The van der Waals surface area contributed by atoms with Crippen LogP contribution in [0.4, 0.5) is 5.82 Å². The number of ether oxygens (including phenoxy) is 1. The van der Waals surface area contributed by atoms with Crippen molar-refractivity contribution in [2.45, 2.75) is 26.1 Å². The summed E-state index contributed by atoms with van der Waals surface area (Å²) in [4.78, 5) is 27.7. The van der Waals surface area contributed by atoms with Crippen LogP contribution in [-0.4, -0.2) is 34.8 Å². The second-order valence-electron chi connectivity index (χ2n) is 4.52. The molecule has 6 heteroatoms. The van der Waals surface area contributed by atoms with E-state index in [0.717, 1.165) is 4.57 Å². The molecule has 1 aromatic heterocycles. The van der Waals surface area contributed by atoms with Gasteiger partial charge in [-0.25, -0.2) is 4.79 Å². The molecule has 1 aliphatic heterocycles. The molecular formula is C11H17N3O3. The number of nitrogens with zero attached hydrogens (tertiary/aromatic N) is 2. The molecule has 0 spiro atoms. The van der Waals surface area contributed by atoms with Crippen molar-refractivity contribution in [3.63, 3.8) is 0 Å². The maximum Gasteiger partial charge on any atom is 0.329 e. The normalized spacial score (nSPS) is 25.0. The zero-order valence-electron chi connectivity index (χ0n) is 10.3. The molecule has 2 heterocycles. The highest BCUT2D eigenvalue weighted by atomic mass is 16.5. The minimum absolute atomic E-state index is 0.0892. The van der Waals surface area contributed by atoms with Gasteiger partial charge in [-0.2, -0.15) is 0 Å². The first-order chi connectivity index (χ1) is 7.97. The van der Waals surface area contributed by atoms with Gasteiger partial charge >= 0.3 is 5.69 Å². The Balaban J connectivity index is 2.34. The van der Waals surface area contributed by atoms with Gasteiger partial charge in [0.1, 0.15) is 5.82 Å². The number of H-pyrrole nitrogens is 1. The molecule has 0 bridgehead atoms. The maximum absolute atomic E-state index is 11.6. The maximum atomic E-state index is 11.6. The van der Waals surface area contributed by atoms with Gasteiger partial charge in [0.25, 0.3) is 5.56 Å². The van der Waals surface area contributed by atoms with E-state index in [2.05, 4.69) is 4.98 Å². The average molecular weight is 239 g/mol. The number of hydrogen-bond donors (Lipinski definition) is 1. The molecule has 0 amide bonds. The Bertz CT molecular complexity index is 478. The molecule has 0 saturated carbocycles. The average Bonchev–Trinajstić information content (AvgIpc) is 2.23. The summed E-state index contributed by atoms with van der Waals surface area (Å²) in [7, 11) is 1.45. The highest BCUT2D eigenvalue weighted by Gasteiger charge is 2.23. The fraction of sp³-hybridized carbons (Fsp3) is 0.636. The van der Waals surface area contributed by atoms with Crippen LogP contribution in [0.5, 0.6) is 0 Å². The molecule has 0 radical (unpaired) electrons. The van der Waals surface area contributed by atoms with Gasteiger partial charge in [0.15, 0.2) is 0 Å². The summed E-state index contributed by atoms with van der Waals surface area (Å²) in [6.07, 6.45) is 0.178. The summed E-state index contributed by atoms with van der Waals surface area (Å²) in [6.45, 7) is 5.30. The van der Waals surface area contributed by atoms with E-state index in [1.54, 1.807) is 0 Å². The molecular weight excluding hydrogens is 222 g/mol. The summed E-state index contributed by atoms with van der Waals surface area (Å²) in [5.74, 6) is 0.570. The largest absolute Gasteiger partial charge is 0.372 e. The Labute approximate surface area is 98.8 Å². The van der Waals surface area contributed by atoms with E-state index in [9.17, 15) is 9.59 Å². The highest BCUT2D eigenvalue weighted by Crippen LogP contribution is 2.15. The summed E-state index contributed by atoms with van der Waals surface area (Å²) in [5, 5.41) is 0. The van der Waals surface area contributed by atoms with Crippen molar-refractivity contribution in [3.05, 3.63) is 26.9 Å². The fourth-order valence-corrected chi connectivity index (χ4v) is 2.09. The van der Waals surface area contributed by atoms with Crippen LogP contribution in [0.3, 0.4) is 0 Å². The van der Waals surface area contributed by atoms with Crippen molar-refractivity contribution >= 4 is 5.82 Å². The number of aromatic amines is 1. The SMILES string of the molecule is C[C@@H]1CN(c2cc(=O)n(C)c(=O)[nH]2)C[C@@H](C)O1. The van der Waals surface area contributed by atoms with Crippen LogP contribution in [0.15, 0.2) is 15.7 Å². The zero-order valence-corrected chi connectivity index (χ0v) is 10.3. The first-order valence-electron chi connectivity index (χ1n) is 5.68. The van der Waals surface area contributed by atoms with E-state index < -0.39 is 0 Å². The summed E-state index contributed by atoms with van der Waals surface area (Å²) >= 11 is 0. The second kappa shape index (κ2) is 4.37. The summed E-state index contributed by atoms with van der Waals surface area (Å²) < 4.78 is 6.66. The van der Waals surface area contributed by atoms with Crippen molar-refractivity contribution in [2.75, 3.05) is 18.0 Å². The third kappa shape index (κ3) is 2.41. The van der Waals surface area contributed by atoms with Crippen LogP contribution >= 0.6 is 0 Å². The van der Waals surface area contributed by atoms with Gasteiger partial charge in [0.2, 0.25) is 0 Å². The minimum Gasteiger partial charge on any atom is -0.372 e. The van der Waals surface area contributed by atoms with E-state index in [0.29, 0.717) is 18.9 Å². The van der Waals surface area contributed by atoms with Crippen LogP contribution in [0, 0.1) is 0 Å². The van der Waals surface area contributed by atoms with Gasteiger partial charge in [-0.15, -0.1) is 0 Å². The lowest BCUT2D eigenvalue weighted by Gasteiger charge is -2.36. The van der Waals surface area contributed by atoms with Gasteiger partial charge in [0.05, 0.1) is 12.2 Å². The molecule has 94 valence electrons. The smallest absolute Gasteiger partial charge is 0.329 e. The van der Waals surface area contributed by atoms with Crippen molar-refractivity contribution in [1.29, 1.82) is 0 Å². The topological polar surface area (TPSA) is 67.3 Å². The van der Waals surface area contributed by atoms with Crippen molar-refractivity contribution in [1.82, 2.24) is 9.55 Å². The van der Waals surface area contributed by atoms with Gasteiger partial charge in [-0.05, 0) is 13.8 Å². The van der Waals surface area contributed by atoms with Gasteiger partial charge < -0.3 is 9.64 Å². The number of anilines is 1. The quantitative estimate of drug-likeness (QED) is 0.730. The third-order valence-electron chi connectivity index (χ3n) is 2.89. The highest BCUT2D eigenvalue weighted by molar-refractivity contribution is 5.37. The number of aromatic nitrogens is 2. The van der Waals surface area contributed by atoms with Crippen LogP contribution in [-0.2, 0) is 11.8 Å². The zero-order chi connectivity index (χ0) is 12.6.